The molecule has 0 aliphatic carbocycles. The van der Waals surface area contributed by atoms with E-state index in [4.69, 9.17) is 18.9 Å². The summed E-state index contributed by atoms with van der Waals surface area (Å²) in [6, 6.07) is 11.7. The molecule has 2 aromatic rings. The lowest BCUT2D eigenvalue weighted by molar-refractivity contribution is -0.143. The molecule has 0 spiro atoms. The van der Waals surface area contributed by atoms with Crippen LogP contribution in [0.4, 0.5) is 0 Å². The van der Waals surface area contributed by atoms with Gasteiger partial charge < -0.3 is 23.7 Å². The maximum absolute atomic E-state index is 12.6. The molecule has 0 saturated heterocycles. The second kappa shape index (κ2) is 15.2. The minimum Gasteiger partial charge on any atom is -0.494 e. The molecule has 0 radical (unpaired) electrons. The van der Waals surface area contributed by atoms with E-state index in [-0.39, 0.29) is 11.7 Å². The summed E-state index contributed by atoms with van der Waals surface area (Å²) >= 11 is 0. The van der Waals surface area contributed by atoms with E-state index >= 15 is 0 Å². The Morgan fingerprint density at radius 2 is 1.57 bits per heavy atom. The van der Waals surface area contributed by atoms with Crippen molar-refractivity contribution in [3.63, 3.8) is 0 Å². The average molecular weight is 485 g/mol. The lowest BCUT2D eigenvalue weighted by Crippen LogP contribution is -2.09. The van der Waals surface area contributed by atoms with E-state index < -0.39 is 11.9 Å². The van der Waals surface area contributed by atoms with Crippen LogP contribution in [0.3, 0.4) is 0 Å². The molecule has 0 amide bonds. The Hall–Kier alpha value is -3.81. The lowest BCUT2D eigenvalue weighted by atomic mass is 10.2. The predicted molar refractivity (Wildman–Crippen MR) is 131 cm³/mol. The summed E-state index contributed by atoms with van der Waals surface area (Å²) in [5, 5.41) is 0. The van der Waals surface area contributed by atoms with Crippen LogP contribution >= 0.6 is 0 Å². The first-order valence-electron chi connectivity index (χ1n) is 11.5. The normalized spacial score (nSPS) is 10.6. The number of carbonyl (C=O) groups excluding carboxylic acids is 3. The fraction of sp³-hybridized carbons (Fsp3) is 0.370. The third kappa shape index (κ3) is 9.92. The van der Waals surface area contributed by atoms with Gasteiger partial charge >= 0.3 is 17.9 Å². The number of hydrogen-bond acceptors (Lipinski definition) is 8. The molecule has 2 aromatic carbocycles. The van der Waals surface area contributed by atoms with Crippen molar-refractivity contribution in [3.05, 3.63) is 59.7 Å². The van der Waals surface area contributed by atoms with Crippen molar-refractivity contribution >= 4 is 24.0 Å². The molecular formula is C27H32O8. The molecule has 0 saturated carbocycles. The van der Waals surface area contributed by atoms with Crippen molar-refractivity contribution in [2.24, 2.45) is 0 Å². The molecule has 0 heterocycles. The lowest BCUT2D eigenvalue weighted by Gasteiger charge is -2.11. The fourth-order valence-electron chi connectivity index (χ4n) is 2.99. The van der Waals surface area contributed by atoms with Crippen molar-refractivity contribution < 1.29 is 38.1 Å². The van der Waals surface area contributed by atoms with Crippen molar-refractivity contribution in [3.8, 4) is 17.2 Å². The Morgan fingerprint density at radius 1 is 0.857 bits per heavy atom. The molecule has 0 fully saturated rings. The molecule has 8 nitrogen and oxygen atoms in total. The highest BCUT2D eigenvalue weighted by Gasteiger charge is 2.13. The van der Waals surface area contributed by atoms with Crippen molar-refractivity contribution in [1.29, 1.82) is 0 Å². The minimum absolute atomic E-state index is 0.164. The minimum atomic E-state index is -0.531. The van der Waals surface area contributed by atoms with Crippen LogP contribution in [0.25, 0.3) is 6.08 Å². The summed E-state index contributed by atoms with van der Waals surface area (Å²) in [5.74, 6) is 0.113. The summed E-state index contributed by atoms with van der Waals surface area (Å²) in [6.07, 6.45) is 6.95. The van der Waals surface area contributed by atoms with Gasteiger partial charge in [-0.15, -0.1) is 0 Å². The first-order chi connectivity index (χ1) is 17.0. The molecule has 8 heteroatoms. The molecule has 0 aliphatic rings. The largest absolute Gasteiger partial charge is 0.494 e. The molecule has 0 unspecified atom stereocenters. The fourth-order valence-corrected chi connectivity index (χ4v) is 2.99. The van der Waals surface area contributed by atoms with Gasteiger partial charge in [-0.05, 0) is 73.7 Å². The Bertz CT molecular complexity index is 995. The van der Waals surface area contributed by atoms with Crippen molar-refractivity contribution in [1.82, 2.24) is 0 Å². The number of esters is 3. The third-order valence-corrected chi connectivity index (χ3v) is 4.95. The zero-order valence-electron chi connectivity index (χ0n) is 20.4. The van der Waals surface area contributed by atoms with Crippen LogP contribution in [0.1, 0.15) is 54.9 Å². The quantitative estimate of drug-likeness (QED) is 0.160. The summed E-state index contributed by atoms with van der Waals surface area (Å²) in [6.45, 7) is 2.81. The monoisotopic (exact) mass is 484 g/mol. The van der Waals surface area contributed by atoms with Crippen LogP contribution in [0, 0.1) is 0 Å². The van der Waals surface area contributed by atoms with E-state index in [0.717, 1.165) is 25.7 Å². The highest BCUT2D eigenvalue weighted by molar-refractivity contribution is 5.91. The van der Waals surface area contributed by atoms with Gasteiger partial charge in [0.2, 0.25) is 0 Å². The van der Waals surface area contributed by atoms with Gasteiger partial charge in [0.1, 0.15) is 5.75 Å². The topological polar surface area (TPSA) is 97.4 Å². The molecule has 188 valence electrons. The van der Waals surface area contributed by atoms with Crippen LogP contribution in [0.15, 0.2) is 48.5 Å². The second-order valence-electron chi connectivity index (χ2n) is 7.52. The van der Waals surface area contributed by atoms with Gasteiger partial charge in [-0.1, -0.05) is 13.0 Å². The molecule has 0 aliphatic heterocycles. The Morgan fingerprint density at radius 3 is 2.23 bits per heavy atom. The zero-order chi connectivity index (χ0) is 25.5. The summed E-state index contributed by atoms with van der Waals surface area (Å²) in [4.78, 5) is 34.9. The van der Waals surface area contributed by atoms with Gasteiger partial charge in [0, 0.05) is 12.5 Å². The molecule has 35 heavy (non-hydrogen) atoms. The van der Waals surface area contributed by atoms with E-state index in [1.165, 1.54) is 20.3 Å². The van der Waals surface area contributed by atoms with Gasteiger partial charge in [-0.3, -0.25) is 4.79 Å². The van der Waals surface area contributed by atoms with Crippen LogP contribution in [0.5, 0.6) is 17.2 Å². The average Bonchev–Trinajstić information content (AvgIpc) is 2.89. The van der Waals surface area contributed by atoms with Gasteiger partial charge in [0.05, 0.1) is 33.0 Å². The third-order valence-electron chi connectivity index (χ3n) is 4.95. The molecule has 0 atom stereocenters. The van der Waals surface area contributed by atoms with E-state index in [0.29, 0.717) is 42.3 Å². The first kappa shape index (κ1) is 27.4. The van der Waals surface area contributed by atoms with Gasteiger partial charge in [-0.25, -0.2) is 9.59 Å². The van der Waals surface area contributed by atoms with Crippen LogP contribution < -0.4 is 14.2 Å². The van der Waals surface area contributed by atoms with Crippen molar-refractivity contribution in [2.45, 2.75) is 39.0 Å². The van der Waals surface area contributed by atoms with E-state index in [1.54, 1.807) is 55.5 Å². The standard InChI is InChI=1S/C27H32O8/c1-4-25(28)34-18-8-6-5-7-17-33-22-13-11-21(12-14-22)27(30)35-23-15-9-20(19-24(23)31-2)10-16-26(29)32-3/h9-16,19H,4-8,17-18H2,1-3H3/b16-10+. The molecule has 0 bridgehead atoms. The highest BCUT2D eigenvalue weighted by Crippen LogP contribution is 2.29. The maximum Gasteiger partial charge on any atom is 0.343 e. The van der Waals surface area contributed by atoms with Crippen LogP contribution in [-0.2, 0) is 19.1 Å². The van der Waals surface area contributed by atoms with Crippen molar-refractivity contribution in [2.75, 3.05) is 27.4 Å². The number of benzene rings is 2. The van der Waals surface area contributed by atoms with Gasteiger partial charge in [0.25, 0.3) is 0 Å². The predicted octanol–water partition coefficient (Wildman–Crippen LogP) is 4.99. The van der Waals surface area contributed by atoms with E-state index in [9.17, 15) is 14.4 Å². The summed E-state index contributed by atoms with van der Waals surface area (Å²) in [5.41, 5.74) is 1.06. The van der Waals surface area contributed by atoms with E-state index in [1.807, 2.05) is 0 Å². The van der Waals surface area contributed by atoms with Gasteiger partial charge in [-0.2, -0.15) is 0 Å². The SMILES string of the molecule is CCC(=O)OCCCCCCOc1ccc(C(=O)Oc2ccc(/C=C/C(=O)OC)cc2OC)cc1. The number of methoxy groups -OCH3 is 2. The number of carbonyl (C=O) groups is 3. The molecular weight excluding hydrogens is 452 g/mol. The molecule has 2 rings (SSSR count). The number of unbranched alkanes of at least 4 members (excludes halogenated alkanes) is 3. The highest BCUT2D eigenvalue weighted by atomic mass is 16.6. The maximum atomic E-state index is 12.6. The van der Waals surface area contributed by atoms with E-state index in [2.05, 4.69) is 4.74 Å². The Balaban J connectivity index is 1.79. The molecule has 0 aromatic heterocycles. The molecule has 0 N–H and O–H groups in total. The van der Waals surface area contributed by atoms with Gasteiger partial charge in [0.15, 0.2) is 11.5 Å². The zero-order valence-corrected chi connectivity index (χ0v) is 20.4. The Kier molecular flexibility index (Phi) is 11.9. The number of rotatable bonds is 14. The second-order valence-corrected chi connectivity index (χ2v) is 7.52. The number of hydrogen-bond donors (Lipinski definition) is 0. The smallest absolute Gasteiger partial charge is 0.343 e. The first-order valence-corrected chi connectivity index (χ1v) is 11.5. The Labute approximate surface area is 205 Å². The summed E-state index contributed by atoms with van der Waals surface area (Å²) in [7, 11) is 2.77. The van der Waals surface area contributed by atoms with Crippen LogP contribution in [-0.4, -0.2) is 45.3 Å². The summed E-state index contributed by atoms with van der Waals surface area (Å²) < 4.78 is 26.1. The van der Waals surface area contributed by atoms with Crippen LogP contribution in [0.2, 0.25) is 0 Å². The number of ether oxygens (including phenoxy) is 5.